The molecule has 2 heteroatoms. The minimum Gasteiger partial charge on any atom is -0.675 e. The average molecular weight is 170 g/mol. The molecule has 0 saturated heterocycles. The first-order valence-electron chi connectivity index (χ1n) is 2.61. The molecule has 0 radical (unpaired) electrons. The van der Waals surface area contributed by atoms with E-state index in [0.29, 0.717) is 6.04 Å². The third-order valence-electron chi connectivity index (χ3n) is 1.36. The van der Waals surface area contributed by atoms with Crippen molar-refractivity contribution in [1.82, 2.24) is 0 Å². The fourth-order valence-electron chi connectivity index (χ4n) is 0.926. The number of hydrogen-bond acceptors (Lipinski definition) is 0. The molecule has 0 unspecified atom stereocenters. The number of nitrogens with one attached hydrogen (secondary N) is 1. The van der Waals surface area contributed by atoms with E-state index in [0.717, 1.165) is 12.8 Å². The topological polar surface area (TPSA) is 23.8 Å². The van der Waals surface area contributed by atoms with Gasteiger partial charge in [0.25, 0.3) is 0 Å². The summed E-state index contributed by atoms with van der Waals surface area (Å²) in [4.78, 5) is 0. The standard InChI is InChI=1S/C5H10N.Rb/c6-5-3-1-2-4-5;/h5-6H,1-4H2;/q-1;+1. The van der Waals surface area contributed by atoms with Crippen LogP contribution >= 0.6 is 0 Å². The van der Waals surface area contributed by atoms with E-state index < -0.39 is 0 Å². The Hall–Kier alpha value is 1.77. The van der Waals surface area contributed by atoms with E-state index in [1.165, 1.54) is 12.8 Å². The molecule has 0 atom stereocenters. The molecule has 0 aromatic carbocycles. The Morgan fingerprint density at radius 2 is 1.57 bits per heavy atom. The van der Waals surface area contributed by atoms with E-state index >= 15 is 0 Å². The van der Waals surface area contributed by atoms with Crippen molar-refractivity contribution in [2.24, 2.45) is 0 Å². The first-order chi connectivity index (χ1) is 2.89. The summed E-state index contributed by atoms with van der Waals surface area (Å²) in [5, 5.41) is 0. The van der Waals surface area contributed by atoms with Gasteiger partial charge in [-0.1, -0.05) is 25.7 Å². The molecule has 1 saturated carbocycles. The van der Waals surface area contributed by atoms with Gasteiger partial charge in [0, 0.05) is 0 Å². The van der Waals surface area contributed by atoms with Crippen LogP contribution in [0, 0.1) is 0 Å². The van der Waals surface area contributed by atoms with Crippen LogP contribution in [0.4, 0.5) is 0 Å². The second-order valence-electron chi connectivity index (χ2n) is 1.98. The number of rotatable bonds is 0. The van der Waals surface area contributed by atoms with Crippen molar-refractivity contribution in [3.63, 3.8) is 0 Å². The third kappa shape index (κ3) is 3.36. The fourth-order valence-corrected chi connectivity index (χ4v) is 0.926. The Morgan fingerprint density at radius 1 is 1.14 bits per heavy atom. The Balaban J connectivity index is 0.000000360. The van der Waals surface area contributed by atoms with Gasteiger partial charge in [-0.3, -0.25) is 0 Å². The quantitative estimate of drug-likeness (QED) is 0.444. The minimum atomic E-state index is 0. The summed E-state index contributed by atoms with van der Waals surface area (Å²) in [6.07, 6.45) is 4.91. The molecule has 1 nitrogen and oxygen atoms in total. The van der Waals surface area contributed by atoms with Crippen LogP contribution < -0.4 is 58.2 Å². The molecule has 1 fully saturated rings. The normalized spacial score (nSPS) is 21.9. The van der Waals surface area contributed by atoms with Crippen LogP contribution in [0.5, 0.6) is 0 Å². The molecule has 0 bridgehead atoms. The van der Waals surface area contributed by atoms with E-state index in [9.17, 15) is 0 Å². The maximum absolute atomic E-state index is 7.13. The minimum absolute atomic E-state index is 0. The smallest absolute Gasteiger partial charge is 0.675 e. The van der Waals surface area contributed by atoms with Crippen LogP contribution in [-0.2, 0) is 0 Å². The Kier molecular flexibility index (Phi) is 5.79. The van der Waals surface area contributed by atoms with Crippen LogP contribution in [0.1, 0.15) is 25.7 Å². The summed E-state index contributed by atoms with van der Waals surface area (Å²) >= 11 is 0. The van der Waals surface area contributed by atoms with Crippen molar-refractivity contribution in [2.75, 3.05) is 0 Å². The summed E-state index contributed by atoms with van der Waals surface area (Å²) in [5.41, 5.74) is 7.13. The van der Waals surface area contributed by atoms with Gasteiger partial charge >= 0.3 is 58.2 Å². The van der Waals surface area contributed by atoms with Gasteiger partial charge in [-0.05, 0) is 0 Å². The molecule has 7 heavy (non-hydrogen) atoms. The van der Waals surface area contributed by atoms with Crippen LogP contribution in [0.25, 0.3) is 5.73 Å². The van der Waals surface area contributed by atoms with Crippen LogP contribution in [0.2, 0.25) is 0 Å². The predicted octanol–water partition coefficient (Wildman–Crippen LogP) is -1.01. The monoisotopic (exact) mass is 169 g/mol. The van der Waals surface area contributed by atoms with Crippen LogP contribution in [0.15, 0.2) is 0 Å². The largest absolute Gasteiger partial charge is 1.00 e. The second-order valence-corrected chi connectivity index (χ2v) is 1.98. The zero-order valence-electron chi connectivity index (χ0n) is 4.91. The Morgan fingerprint density at radius 3 is 1.71 bits per heavy atom. The van der Waals surface area contributed by atoms with E-state index in [-0.39, 0.29) is 58.2 Å². The molecule has 1 aliphatic carbocycles. The van der Waals surface area contributed by atoms with Crippen molar-refractivity contribution in [3.05, 3.63) is 5.73 Å². The van der Waals surface area contributed by atoms with E-state index in [2.05, 4.69) is 0 Å². The van der Waals surface area contributed by atoms with Crippen molar-refractivity contribution < 1.29 is 58.2 Å². The third-order valence-corrected chi connectivity index (χ3v) is 1.36. The van der Waals surface area contributed by atoms with Gasteiger partial charge in [0.15, 0.2) is 0 Å². The maximum atomic E-state index is 7.13. The molecule has 1 N–H and O–H groups in total. The fraction of sp³-hybridized carbons (Fsp3) is 1.00. The predicted molar refractivity (Wildman–Crippen MR) is 26.6 cm³/mol. The molecule has 0 amide bonds. The average Bonchev–Trinajstić information content (AvgIpc) is 1.86. The van der Waals surface area contributed by atoms with Crippen LogP contribution in [-0.4, -0.2) is 6.04 Å². The summed E-state index contributed by atoms with van der Waals surface area (Å²) in [5.74, 6) is 0. The van der Waals surface area contributed by atoms with Crippen molar-refractivity contribution in [2.45, 2.75) is 31.7 Å². The van der Waals surface area contributed by atoms with Gasteiger partial charge in [0.1, 0.15) is 0 Å². The summed E-state index contributed by atoms with van der Waals surface area (Å²) in [6, 6.07) is 0.296. The van der Waals surface area contributed by atoms with Gasteiger partial charge < -0.3 is 5.73 Å². The van der Waals surface area contributed by atoms with Crippen molar-refractivity contribution in [1.29, 1.82) is 0 Å². The van der Waals surface area contributed by atoms with Crippen molar-refractivity contribution >= 4 is 0 Å². The molecule has 36 valence electrons. The van der Waals surface area contributed by atoms with Gasteiger partial charge in [-0.15, -0.1) is 6.04 Å². The molecule has 0 spiro atoms. The zero-order chi connectivity index (χ0) is 4.41. The van der Waals surface area contributed by atoms with Crippen molar-refractivity contribution in [3.8, 4) is 0 Å². The second kappa shape index (κ2) is 4.63. The zero-order valence-corrected chi connectivity index (χ0v) is 9.82. The van der Waals surface area contributed by atoms with Gasteiger partial charge in [0.2, 0.25) is 0 Å². The maximum Gasteiger partial charge on any atom is 1.00 e. The van der Waals surface area contributed by atoms with E-state index in [1.54, 1.807) is 0 Å². The Labute approximate surface area is 93.8 Å². The molecule has 1 aliphatic rings. The van der Waals surface area contributed by atoms with Gasteiger partial charge in [-0.2, -0.15) is 0 Å². The number of hydrogen-bond donors (Lipinski definition) is 0. The van der Waals surface area contributed by atoms with E-state index in [4.69, 9.17) is 5.73 Å². The van der Waals surface area contributed by atoms with E-state index in [1.807, 2.05) is 0 Å². The molecular formula is C5H10NRb. The molecule has 1 rings (SSSR count). The molecule has 0 aliphatic heterocycles. The molecule has 0 aromatic rings. The van der Waals surface area contributed by atoms with Crippen LogP contribution in [0.3, 0.4) is 0 Å². The Bertz CT molecular complexity index is 41.3. The van der Waals surface area contributed by atoms with Gasteiger partial charge in [-0.25, -0.2) is 0 Å². The molecule has 0 aromatic heterocycles. The summed E-state index contributed by atoms with van der Waals surface area (Å²) in [7, 11) is 0. The molecular weight excluding hydrogens is 160 g/mol. The SMILES string of the molecule is [NH-]C1CCCC1.[Rb+]. The first kappa shape index (κ1) is 8.77. The molecule has 0 heterocycles. The summed E-state index contributed by atoms with van der Waals surface area (Å²) in [6.45, 7) is 0. The first-order valence-corrected chi connectivity index (χ1v) is 2.61. The van der Waals surface area contributed by atoms with Gasteiger partial charge in [0.05, 0.1) is 0 Å². The summed E-state index contributed by atoms with van der Waals surface area (Å²) < 4.78 is 0.